The Kier molecular flexibility index (Phi) is 4.13. The van der Waals surface area contributed by atoms with Crippen LogP contribution in [0.1, 0.15) is 29.5 Å². The lowest BCUT2D eigenvalue weighted by Crippen LogP contribution is -2.30. The number of amides is 1. The van der Waals surface area contributed by atoms with Gasteiger partial charge in [-0.25, -0.2) is 4.68 Å². The smallest absolute Gasteiger partial charge is 0.276 e. The third-order valence-corrected chi connectivity index (χ3v) is 4.04. The maximum absolute atomic E-state index is 12.6. The van der Waals surface area contributed by atoms with Crippen molar-refractivity contribution in [2.45, 2.75) is 25.9 Å². The quantitative estimate of drug-likeness (QED) is 0.934. The lowest BCUT2D eigenvalue weighted by Gasteiger charge is -2.14. The molecule has 0 bridgehead atoms. The summed E-state index contributed by atoms with van der Waals surface area (Å²) in [5, 5.41) is 18.4. The van der Waals surface area contributed by atoms with Crippen LogP contribution in [-0.2, 0) is 6.42 Å². The molecule has 1 aromatic carbocycles. The number of likely N-dealkylation sites (tertiary alicyclic amines) is 1. The summed E-state index contributed by atoms with van der Waals surface area (Å²) in [4.78, 5) is 14.2. The highest BCUT2D eigenvalue weighted by atomic mass is 35.5. The highest BCUT2D eigenvalue weighted by Gasteiger charge is 2.29. The summed E-state index contributed by atoms with van der Waals surface area (Å²) in [6.45, 7) is 2.86. The molecule has 1 N–H and O–H groups in total. The first-order chi connectivity index (χ1) is 10.6. The zero-order valence-electron chi connectivity index (χ0n) is 12.2. The van der Waals surface area contributed by atoms with Crippen molar-refractivity contribution in [3.63, 3.8) is 0 Å². The Morgan fingerprint density at radius 2 is 2.32 bits per heavy atom. The van der Waals surface area contributed by atoms with Crippen LogP contribution in [0, 0.1) is 0 Å². The van der Waals surface area contributed by atoms with E-state index in [9.17, 15) is 9.90 Å². The van der Waals surface area contributed by atoms with Crippen LogP contribution in [0.2, 0.25) is 5.02 Å². The molecule has 0 aliphatic carbocycles. The van der Waals surface area contributed by atoms with Gasteiger partial charge in [0.2, 0.25) is 0 Å². The number of halogens is 1. The van der Waals surface area contributed by atoms with Crippen LogP contribution in [0.15, 0.2) is 24.3 Å². The van der Waals surface area contributed by atoms with Gasteiger partial charge < -0.3 is 10.0 Å². The highest BCUT2D eigenvalue weighted by molar-refractivity contribution is 6.30. The molecule has 0 spiro atoms. The van der Waals surface area contributed by atoms with E-state index >= 15 is 0 Å². The number of benzene rings is 1. The number of aromatic nitrogens is 3. The van der Waals surface area contributed by atoms with Crippen LogP contribution in [-0.4, -0.2) is 50.1 Å². The number of nitrogens with zero attached hydrogens (tertiary/aromatic N) is 4. The van der Waals surface area contributed by atoms with Gasteiger partial charge in [0.1, 0.15) is 0 Å². The monoisotopic (exact) mass is 320 g/mol. The molecule has 116 valence electrons. The van der Waals surface area contributed by atoms with Crippen molar-refractivity contribution in [3.8, 4) is 5.69 Å². The molecule has 7 heteroatoms. The fourth-order valence-corrected chi connectivity index (χ4v) is 2.86. The number of aliphatic hydroxyl groups is 1. The third-order valence-electron chi connectivity index (χ3n) is 3.80. The van der Waals surface area contributed by atoms with Gasteiger partial charge in [-0.15, -0.1) is 5.10 Å². The predicted octanol–water partition coefficient (Wildman–Crippen LogP) is 1.69. The number of rotatable bonds is 3. The first-order valence-corrected chi connectivity index (χ1v) is 7.65. The second-order valence-corrected chi connectivity index (χ2v) is 5.76. The van der Waals surface area contributed by atoms with Gasteiger partial charge in [-0.1, -0.05) is 29.8 Å². The molecule has 0 saturated carbocycles. The van der Waals surface area contributed by atoms with Crippen molar-refractivity contribution in [2.24, 2.45) is 0 Å². The number of hydrogen-bond donors (Lipinski definition) is 1. The Morgan fingerprint density at radius 3 is 2.95 bits per heavy atom. The molecular formula is C15H17ClN4O2. The Bertz CT molecular complexity index is 701. The molecule has 1 amide bonds. The normalized spacial score (nSPS) is 18.0. The van der Waals surface area contributed by atoms with Gasteiger partial charge in [-0.05, 0) is 31.0 Å². The van der Waals surface area contributed by atoms with E-state index in [2.05, 4.69) is 10.3 Å². The minimum atomic E-state index is -0.447. The van der Waals surface area contributed by atoms with E-state index in [-0.39, 0.29) is 5.91 Å². The van der Waals surface area contributed by atoms with Crippen molar-refractivity contribution < 1.29 is 9.90 Å². The first kappa shape index (κ1) is 15.0. The fraction of sp³-hybridized carbons (Fsp3) is 0.400. The molecule has 1 atom stereocenters. The number of aliphatic hydroxyl groups excluding tert-OH is 1. The van der Waals surface area contributed by atoms with Crippen LogP contribution in [0.4, 0.5) is 0 Å². The van der Waals surface area contributed by atoms with Crippen LogP contribution < -0.4 is 0 Å². The average Bonchev–Trinajstić information content (AvgIpc) is 3.12. The average molecular weight is 321 g/mol. The summed E-state index contributed by atoms with van der Waals surface area (Å²) < 4.78 is 1.64. The van der Waals surface area contributed by atoms with Crippen molar-refractivity contribution in [1.29, 1.82) is 0 Å². The summed E-state index contributed by atoms with van der Waals surface area (Å²) in [5.74, 6) is -0.179. The van der Waals surface area contributed by atoms with Gasteiger partial charge in [0, 0.05) is 18.1 Å². The molecule has 1 aromatic heterocycles. The molecule has 3 rings (SSSR count). The minimum absolute atomic E-state index is 0.179. The highest BCUT2D eigenvalue weighted by Crippen LogP contribution is 2.20. The first-order valence-electron chi connectivity index (χ1n) is 7.28. The van der Waals surface area contributed by atoms with Crippen LogP contribution in [0.3, 0.4) is 0 Å². The number of β-amino-alcohol motifs (C(OH)–C–C–N with tert-alkyl or cyclic N) is 1. The Labute approximate surface area is 133 Å². The maximum Gasteiger partial charge on any atom is 0.276 e. The van der Waals surface area contributed by atoms with E-state index in [1.54, 1.807) is 21.7 Å². The summed E-state index contributed by atoms with van der Waals surface area (Å²) >= 11 is 6.01. The summed E-state index contributed by atoms with van der Waals surface area (Å²) in [6, 6.07) is 7.26. The van der Waals surface area contributed by atoms with Crippen molar-refractivity contribution >= 4 is 17.5 Å². The largest absolute Gasteiger partial charge is 0.391 e. The van der Waals surface area contributed by atoms with Gasteiger partial charge in [0.15, 0.2) is 5.69 Å². The zero-order valence-corrected chi connectivity index (χ0v) is 13.0. The molecule has 1 aliphatic heterocycles. The van der Waals surface area contributed by atoms with E-state index < -0.39 is 6.10 Å². The maximum atomic E-state index is 12.6. The number of carbonyl (C=O) groups excluding carboxylic acids is 1. The summed E-state index contributed by atoms with van der Waals surface area (Å²) in [7, 11) is 0. The summed E-state index contributed by atoms with van der Waals surface area (Å²) in [5.41, 5.74) is 1.86. The second-order valence-electron chi connectivity index (χ2n) is 5.32. The molecule has 6 nitrogen and oxygen atoms in total. The van der Waals surface area contributed by atoms with E-state index in [1.165, 1.54) is 0 Å². The minimum Gasteiger partial charge on any atom is -0.391 e. The molecule has 2 aromatic rings. The van der Waals surface area contributed by atoms with Crippen molar-refractivity contribution in [1.82, 2.24) is 19.9 Å². The van der Waals surface area contributed by atoms with Crippen LogP contribution in [0.25, 0.3) is 5.69 Å². The van der Waals surface area contributed by atoms with Gasteiger partial charge in [-0.3, -0.25) is 4.79 Å². The fourth-order valence-electron chi connectivity index (χ4n) is 2.68. The van der Waals surface area contributed by atoms with Crippen LogP contribution in [0.5, 0.6) is 0 Å². The summed E-state index contributed by atoms with van der Waals surface area (Å²) in [6.07, 6.45) is 0.782. The standard InChI is InChI=1S/C15H17ClN4O2/c1-2-13-14(15(22)19-7-6-12(21)9-19)17-18-20(13)11-5-3-4-10(16)8-11/h3-5,8,12,21H,2,6-7,9H2,1H3/t12-/m1/s1. The van der Waals surface area contributed by atoms with Gasteiger partial charge in [0.05, 0.1) is 17.5 Å². The van der Waals surface area contributed by atoms with Gasteiger partial charge in [0.25, 0.3) is 5.91 Å². The van der Waals surface area contributed by atoms with Gasteiger partial charge >= 0.3 is 0 Å². The third kappa shape index (κ3) is 2.71. The second kappa shape index (κ2) is 6.06. The predicted molar refractivity (Wildman–Crippen MR) is 82.3 cm³/mol. The topological polar surface area (TPSA) is 71.2 Å². The molecule has 0 unspecified atom stereocenters. The number of hydrogen-bond acceptors (Lipinski definition) is 4. The van der Waals surface area contributed by atoms with Gasteiger partial charge in [-0.2, -0.15) is 0 Å². The molecule has 22 heavy (non-hydrogen) atoms. The molecule has 2 heterocycles. The van der Waals surface area contributed by atoms with E-state index in [0.29, 0.717) is 36.6 Å². The molecular weight excluding hydrogens is 304 g/mol. The number of carbonyl (C=O) groups is 1. The molecule has 1 saturated heterocycles. The van der Waals surface area contributed by atoms with E-state index in [1.807, 2.05) is 19.1 Å². The molecule has 0 radical (unpaired) electrons. The van der Waals surface area contributed by atoms with Crippen molar-refractivity contribution in [3.05, 3.63) is 40.7 Å². The lowest BCUT2D eigenvalue weighted by molar-refractivity contribution is 0.0758. The molecule has 1 aliphatic rings. The zero-order chi connectivity index (χ0) is 15.7. The molecule has 1 fully saturated rings. The van der Waals surface area contributed by atoms with Crippen molar-refractivity contribution in [2.75, 3.05) is 13.1 Å². The Hall–Kier alpha value is -1.92. The lowest BCUT2D eigenvalue weighted by atomic mass is 10.2. The Balaban J connectivity index is 1.95. The van der Waals surface area contributed by atoms with Crippen LogP contribution >= 0.6 is 11.6 Å². The Morgan fingerprint density at radius 1 is 1.50 bits per heavy atom. The SMILES string of the molecule is CCc1c(C(=O)N2CC[C@@H](O)C2)nnn1-c1cccc(Cl)c1. The van der Waals surface area contributed by atoms with E-state index in [0.717, 1.165) is 11.4 Å². The van der Waals surface area contributed by atoms with E-state index in [4.69, 9.17) is 11.6 Å².